The first kappa shape index (κ1) is 22.3. The number of aliphatic hydroxyl groups is 1. The summed E-state index contributed by atoms with van der Waals surface area (Å²) in [6.45, 7) is -0.169. The van der Waals surface area contributed by atoms with E-state index in [0.29, 0.717) is 6.07 Å². The molecule has 4 aromatic heterocycles. The third-order valence-electron chi connectivity index (χ3n) is 4.56. The lowest BCUT2D eigenvalue weighted by Gasteiger charge is -2.20. The zero-order chi connectivity index (χ0) is 23.8. The zero-order valence-corrected chi connectivity index (χ0v) is 16.5. The van der Waals surface area contributed by atoms with Crippen molar-refractivity contribution in [3.8, 4) is 11.6 Å². The van der Waals surface area contributed by atoms with Crippen LogP contribution in [0.25, 0.3) is 34.0 Å². The van der Waals surface area contributed by atoms with E-state index in [1.54, 1.807) is 0 Å². The Hall–Kier alpha value is -3.94. The molecule has 0 radical (unpaired) electrons. The second-order valence-corrected chi connectivity index (χ2v) is 6.70. The SMILES string of the molecule is N/C(=C\C=NCCO)c1cc(C(F)(F)C(F)(F)F)nc2c1ccc1nc(-c3nnco3)cn12. The molecule has 33 heavy (non-hydrogen) atoms. The van der Waals surface area contributed by atoms with Crippen molar-refractivity contribution >= 4 is 28.6 Å². The fourth-order valence-corrected chi connectivity index (χ4v) is 3.02. The smallest absolute Gasteiger partial charge is 0.422 e. The first-order valence-electron chi connectivity index (χ1n) is 9.24. The number of nitrogens with zero attached hydrogens (tertiary/aromatic N) is 6. The van der Waals surface area contributed by atoms with Gasteiger partial charge in [-0.25, -0.2) is 9.97 Å². The molecule has 0 aliphatic carbocycles. The van der Waals surface area contributed by atoms with Crippen LogP contribution >= 0.6 is 0 Å². The number of hydrogen-bond acceptors (Lipinski definition) is 8. The number of imidazole rings is 1. The molecule has 14 heteroatoms. The van der Waals surface area contributed by atoms with Crippen LogP contribution < -0.4 is 5.73 Å². The summed E-state index contributed by atoms with van der Waals surface area (Å²) in [5.41, 5.74) is 4.29. The number of fused-ring (bicyclic) bond motifs is 3. The van der Waals surface area contributed by atoms with Crippen LogP contribution in [0.4, 0.5) is 22.0 Å². The van der Waals surface area contributed by atoms with Gasteiger partial charge in [0.25, 0.3) is 5.89 Å². The molecule has 0 aliphatic heterocycles. The van der Waals surface area contributed by atoms with E-state index in [9.17, 15) is 22.0 Å². The molecule has 0 aliphatic rings. The third kappa shape index (κ3) is 4.00. The van der Waals surface area contributed by atoms with Gasteiger partial charge >= 0.3 is 12.1 Å². The monoisotopic (exact) mass is 467 g/mol. The summed E-state index contributed by atoms with van der Waals surface area (Å²) in [6, 6.07) is 3.53. The summed E-state index contributed by atoms with van der Waals surface area (Å²) in [5.74, 6) is -5.23. The predicted octanol–water partition coefficient (Wildman–Crippen LogP) is 2.95. The van der Waals surface area contributed by atoms with Crippen molar-refractivity contribution in [2.45, 2.75) is 12.1 Å². The number of rotatable bonds is 6. The van der Waals surface area contributed by atoms with Gasteiger partial charge in [-0.2, -0.15) is 22.0 Å². The second kappa shape index (κ2) is 8.20. The van der Waals surface area contributed by atoms with Gasteiger partial charge < -0.3 is 15.3 Å². The van der Waals surface area contributed by atoms with Crippen LogP contribution in [0.2, 0.25) is 0 Å². The molecule has 0 saturated carbocycles. The average molecular weight is 467 g/mol. The summed E-state index contributed by atoms with van der Waals surface area (Å²) in [5, 5.41) is 16.2. The number of pyridine rings is 2. The van der Waals surface area contributed by atoms with Crippen molar-refractivity contribution in [3.63, 3.8) is 0 Å². The Balaban J connectivity index is 1.99. The van der Waals surface area contributed by atoms with E-state index in [4.69, 9.17) is 15.3 Å². The number of allylic oxidation sites excluding steroid dienone is 1. The van der Waals surface area contributed by atoms with E-state index in [1.165, 1.54) is 35.0 Å². The molecule has 4 rings (SSSR count). The molecule has 0 bridgehead atoms. The van der Waals surface area contributed by atoms with Gasteiger partial charge in [-0.15, -0.1) is 10.2 Å². The minimum atomic E-state index is -5.89. The van der Waals surface area contributed by atoms with E-state index in [0.717, 1.165) is 6.39 Å². The van der Waals surface area contributed by atoms with E-state index in [-0.39, 0.29) is 52.7 Å². The number of halogens is 5. The van der Waals surface area contributed by atoms with E-state index >= 15 is 0 Å². The van der Waals surface area contributed by atoms with E-state index < -0.39 is 17.8 Å². The van der Waals surface area contributed by atoms with Crippen molar-refractivity contribution in [3.05, 3.63) is 48.1 Å². The summed E-state index contributed by atoms with van der Waals surface area (Å²) in [7, 11) is 0. The van der Waals surface area contributed by atoms with Crippen LogP contribution in [0.15, 0.2) is 46.3 Å². The Morgan fingerprint density at radius 2 is 2.00 bits per heavy atom. The molecule has 172 valence electrons. The lowest BCUT2D eigenvalue weighted by Crippen LogP contribution is -2.34. The Kier molecular flexibility index (Phi) is 5.53. The minimum Gasteiger partial charge on any atom is -0.422 e. The van der Waals surface area contributed by atoms with Gasteiger partial charge in [0.1, 0.15) is 22.7 Å². The maximum Gasteiger partial charge on any atom is 0.459 e. The molecule has 0 saturated heterocycles. The van der Waals surface area contributed by atoms with Crippen LogP contribution in [-0.4, -0.2) is 55.2 Å². The highest BCUT2D eigenvalue weighted by molar-refractivity contribution is 5.95. The fraction of sp³-hybridized carbons (Fsp3) is 0.211. The lowest BCUT2D eigenvalue weighted by molar-refractivity contribution is -0.290. The Morgan fingerprint density at radius 1 is 1.21 bits per heavy atom. The van der Waals surface area contributed by atoms with Gasteiger partial charge in [-0.05, 0) is 24.3 Å². The molecule has 0 fully saturated rings. The van der Waals surface area contributed by atoms with Crippen LogP contribution in [0, 0.1) is 0 Å². The largest absolute Gasteiger partial charge is 0.459 e. The minimum absolute atomic E-state index is 0.0170. The van der Waals surface area contributed by atoms with Gasteiger partial charge in [0.15, 0.2) is 0 Å². The zero-order valence-electron chi connectivity index (χ0n) is 16.5. The molecule has 0 spiro atoms. The Morgan fingerprint density at radius 3 is 2.67 bits per heavy atom. The quantitative estimate of drug-likeness (QED) is 0.330. The number of aliphatic imine (C=N–C) groups is 1. The maximum atomic E-state index is 14.3. The first-order valence-corrected chi connectivity index (χ1v) is 9.24. The number of alkyl halides is 5. The summed E-state index contributed by atoms with van der Waals surface area (Å²) < 4.78 is 74.1. The van der Waals surface area contributed by atoms with Gasteiger partial charge in [0.05, 0.1) is 13.2 Å². The highest BCUT2D eigenvalue weighted by Gasteiger charge is 2.60. The molecule has 0 aromatic carbocycles. The molecule has 0 unspecified atom stereocenters. The molecule has 4 heterocycles. The van der Waals surface area contributed by atoms with Crippen LogP contribution in [0.5, 0.6) is 0 Å². The Bertz CT molecular complexity index is 1360. The van der Waals surface area contributed by atoms with Crippen LogP contribution in [-0.2, 0) is 5.92 Å². The maximum absolute atomic E-state index is 14.3. The van der Waals surface area contributed by atoms with E-state index in [1.807, 2.05) is 0 Å². The standard InChI is InChI=1S/C19H14F5N7O2/c20-18(21,19(22,23)24)14-7-11(12(25)3-4-26-5-6-32)10-1-2-15-28-13(17-30-27-9-33-17)8-31(15)16(10)29-14/h1-4,7-9,32H,5-6,25H2/b12-3-,26-4?. The number of hydrogen-bond donors (Lipinski definition) is 2. The summed E-state index contributed by atoms with van der Waals surface area (Å²) in [4.78, 5) is 11.7. The van der Waals surface area contributed by atoms with Crippen molar-refractivity contribution in [2.75, 3.05) is 13.2 Å². The highest BCUT2D eigenvalue weighted by atomic mass is 19.4. The average Bonchev–Trinajstić information content (AvgIpc) is 3.44. The third-order valence-corrected chi connectivity index (χ3v) is 4.56. The van der Waals surface area contributed by atoms with E-state index in [2.05, 4.69) is 25.2 Å². The number of aliphatic hydroxyl groups excluding tert-OH is 1. The summed E-state index contributed by atoms with van der Waals surface area (Å²) in [6.07, 6.45) is -1.08. The molecule has 0 amide bonds. The number of nitrogens with two attached hydrogens (primary N) is 1. The molecule has 3 N–H and O–H groups in total. The fourth-order valence-electron chi connectivity index (χ4n) is 3.02. The topological polar surface area (TPSA) is 128 Å². The van der Waals surface area contributed by atoms with Gasteiger partial charge in [0, 0.05) is 29.1 Å². The number of aromatic nitrogens is 5. The Labute approximate surface area is 181 Å². The lowest BCUT2D eigenvalue weighted by atomic mass is 10.0. The van der Waals surface area contributed by atoms with Crippen LogP contribution in [0.1, 0.15) is 11.3 Å². The van der Waals surface area contributed by atoms with Gasteiger partial charge in [-0.1, -0.05) is 0 Å². The molecular formula is C19H14F5N7O2. The van der Waals surface area contributed by atoms with Gasteiger partial charge in [0.2, 0.25) is 6.39 Å². The summed E-state index contributed by atoms with van der Waals surface area (Å²) >= 11 is 0. The molecule has 0 atom stereocenters. The van der Waals surface area contributed by atoms with Crippen LogP contribution in [0.3, 0.4) is 0 Å². The molecule has 4 aromatic rings. The van der Waals surface area contributed by atoms with Gasteiger partial charge in [-0.3, -0.25) is 9.39 Å². The van der Waals surface area contributed by atoms with Crippen molar-refractivity contribution in [1.82, 2.24) is 24.6 Å². The van der Waals surface area contributed by atoms with Crippen molar-refractivity contribution < 1.29 is 31.5 Å². The first-order chi connectivity index (χ1) is 15.6. The second-order valence-electron chi connectivity index (χ2n) is 6.70. The predicted molar refractivity (Wildman–Crippen MR) is 106 cm³/mol. The normalized spacial score (nSPS) is 13.6. The molecule has 9 nitrogen and oxygen atoms in total. The highest BCUT2D eigenvalue weighted by Crippen LogP contribution is 2.44. The van der Waals surface area contributed by atoms with Crippen molar-refractivity contribution in [2.24, 2.45) is 10.7 Å². The van der Waals surface area contributed by atoms with Crippen molar-refractivity contribution in [1.29, 1.82) is 0 Å². The molecular weight excluding hydrogens is 453 g/mol.